The number of ether oxygens (including phenoxy) is 1. The highest BCUT2D eigenvalue weighted by Crippen LogP contribution is 2.05. The van der Waals surface area contributed by atoms with Gasteiger partial charge in [0.1, 0.15) is 11.3 Å². The van der Waals surface area contributed by atoms with Crippen LogP contribution in [0.2, 0.25) is 0 Å². The third-order valence-electron chi connectivity index (χ3n) is 1.75. The van der Waals surface area contributed by atoms with Gasteiger partial charge in [0.15, 0.2) is 0 Å². The lowest BCUT2D eigenvalue weighted by molar-refractivity contribution is 0.0535. The predicted molar refractivity (Wildman–Crippen MR) is 64.3 cm³/mol. The van der Waals surface area contributed by atoms with E-state index in [1.165, 1.54) is 0 Å². The molecule has 0 saturated heterocycles. The second-order valence-electron chi connectivity index (χ2n) is 4.55. The van der Waals surface area contributed by atoms with Crippen molar-refractivity contribution in [3.63, 3.8) is 0 Å². The second kappa shape index (κ2) is 5.39. The Morgan fingerprint density at radius 3 is 2.82 bits per heavy atom. The number of alkyl carbamates (subject to hydrolysis) is 1. The van der Waals surface area contributed by atoms with Crippen molar-refractivity contribution in [2.45, 2.75) is 26.4 Å². The minimum atomic E-state index is -0.487. The quantitative estimate of drug-likeness (QED) is 0.746. The van der Waals surface area contributed by atoms with E-state index in [0.717, 1.165) is 5.69 Å². The van der Waals surface area contributed by atoms with Crippen LogP contribution in [0.5, 0.6) is 0 Å². The Kier molecular flexibility index (Phi) is 4.16. The molecule has 5 nitrogen and oxygen atoms in total. The number of rotatable bonds is 1. The van der Waals surface area contributed by atoms with E-state index in [0.29, 0.717) is 0 Å². The maximum absolute atomic E-state index is 11.3. The van der Waals surface area contributed by atoms with Crippen LogP contribution in [0.1, 0.15) is 26.5 Å². The zero-order valence-corrected chi connectivity index (χ0v) is 10.6. The Morgan fingerprint density at radius 1 is 1.59 bits per heavy atom. The van der Waals surface area contributed by atoms with Crippen LogP contribution in [0.25, 0.3) is 0 Å². The number of hydrogen-bond donors (Lipinski definition) is 1. The highest BCUT2D eigenvalue weighted by molar-refractivity contribution is 5.68. The molecular formula is C12H17N3O2. The Bertz CT molecular complexity index is 446. The van der Waals surface area contributed by atoms with Crippen LogP contribution in [0.15, 0.2) is 12.5 Å². The molecule has 5 heteroatoms. The van der Waals surface area contributed by atoms with Gasteiger partial charge in [0.25, 0.3) is 0 Å². The summed E-state index contributed by atoms with van der Waals surface area (Å²) < 4.78 is 6.87. The van der Waals surface area contributed by atoms with Gasteiger partial charge in [-0.25, -0.2) is 9.78 Å². The lowest BCUT2D eigenvalue weighted by atomic mass is 10.2. The third-order valence-corrected chi connectivity index (χ3v) is 1.75. The van der Waals surface area contributed by atoms with E-state index >= 15 is 0 Å². The molecule has 0 aliphatic rings. The first-order valence-electron chi connectivity index (χ1n) is 5.30. The van der Waals surface area contributed by atoms with Crippen LogP contribution in [0.3, 0.4) is 0 Å². The molecule has 17 heavy (non-hydrogen) atoms. The predicted octanol–water partition coefficient (Wildman–Crippen LogP) is 1.30. The zero-order valence-electron chi connectivity index (χ0n) is 10.6. The summed E-state index contributed by atoms with van der Waals surface area (Å²) >= 11 is 0. The minimum Gasteiger partial charge on any atom is -0.444 e. The van der Waals surface area contributed by atoms with Gasteiger partial charge in [0, 0.05) is 7.05 Å². The standard InChI is InChI=1S/C12H17N3O2/c1-12(2,3)17-11(16)14-7-5-6-10-8-13-9-15(10)4/h8-9H,7H2,1-4H3,(H,14,16). The number of nitrogens with one attached hydrogen (secondary N) is 1. The van der Waals surface area contributed by atoms with Crippen LogP contribution in [-0.4, -0.2) is 27.8 Å². The molecule has 0 radical (unpaired) electrons. The summed E-state index contributed by atoms with van der Waals surface area (Å²) in [4.78, 5) is 15.2. The molecule has 1 aromatic rings. The molecule has 0 spiro atoms. The van der Waals surface area contributed by atoms with Gasteiger partial charge in [0.2, 0.25) is 0 Å². The third kappa shape index (κ3) is 5.07. The molecule has 0 bridgehead atoms. The average molecular weight is 235 g/mol. The molecule has 1 N–H and O–H groups in total. The molecule has 0 aromatic carbocycles. The first kappa shape index (κ1) is 13.1. The van der Waals surface area contributed by atoms with Gasteiger partial charge >= 0.3 is 6.09 Å². The molecule has 0 saturated carbocycles. The fourth-order valence-electron chi connectivity index (χ4n) is 1.04. The molecule has 1 aromatic heterocycles. The lowest BCUT2D eigenvalue weighted by Gasteiger charge is -2.18. The zero-order chi connectivity index (χ0) is 12.9. The second-order valence-corrected chi connectivity index (χ2v) is 4.55. The van der Waals surface area contributed by atoms with Crippen LogP contribution < -0.4 is 5.32 Å². The highest BCUT2D eigenvalue weighted by Gasteiger charge is 2.14. The van der Waals surface area contributed by atoms with Crippen molar-refractivity contribution in [2.24, 2.45) is 7.05 Å². The van der Waals surface area contributed by atoms with Crippen molar-refractivity contribution in [3.8, 4) is 11.8 Å². The fourth-order valence-corrected chi connectivity index (χ4v) is 1.04. The van der Waals surface area contributed by atoms with E-state index in [1.54, 1.807) is 17.1 Å². The molecule has 0 aliphatic carbocycles. The summed E-state index contributed by atoms with van der Waals surface area (Å²) in [6, 6.07) is 0. The van der Waals surface area contributed by atoms with Crippen LogP contribution in [0, 0.1) is 11.8 Å². The van der Waals surface area contributed by atoms with Crippen LogP contribution >= 0.6 is 0 Å². The summed E-state index contributed by atoms with van der Waals surface area (Å²) in [5.41, 5.74) is 0.315. The number of nitrogens with zero attached hydrogens (tertiary/aromatic N) is 2. The van der Waals surface area contributed by atoms with Crippen molar-refractivity contribution in [2.75, 3.05) is 6.54 Å². The first-order chi connectivity index (χ1) is 7.88. The number of aryl methyl sites for hydroxylation is 1. The van der Waals surface area contributed by atoms with E-state index < -0.39 is 11.7 Å². The Hall–Kier alpha value is -1.96. The smallest absolute Gasteiger partial charge is 0.408 e. The highest BCUT2D eigenvalue weighted by atomic mass is 16.6. The molecule has 1 rings (SSSR count). The molecular weight excluding hydrogens is 218 g/mol. The average Bonchev–Trinajstić information content (AvgIpc) is 2.56. The molecule has 1 heterocycles. The van der Waals surface area contributed by atoms with E-state index in [9.17, 15) is 4.79 Å². The van der Waals surface area contributed by atoms with Crippen molar-refractivity contribution >= 4 is 6.09 Å². The number of hydrogen-bond acceptors (Lipinski definition) is 3. The Balaban J connectivity index is 2.36. The maximum Gasteiger partial charge on any atom is 0.408 e. The monoisotopic (exact) mass is 235 g/mol. The molecule has 1 amide bonds. The molecule has 0 fully saturated rings. The summed E-state index contributed by atoms with van der Waals surface area (Å²) in [7, 11) is 1.86. The van der Waals surface area contributed by atoms with E-state index in [-0.39, 0.29) is 6.54 Å². The number of amides is 1. The molecule has 0 aliphatic heterocycles. The Labute approximate surface area is 101 Å². The normalized spacial score (nSPS) is 10.4. The van der Waals surface area contributed by atoms with Gasteiger partial charge in [-0.15, -0.1) is 0 Å². The van der Waals surface area contributed by atoms with Crippen molar-refractivity contribution in [3.05, 3.63) is 18.2 Å². The number of carbonyl (C=O) groups is 1. The topological polar surface area (TPSA) is 56.2 Å². The Morgan fingerprint density at radius 2 is 2.29 bits per heavy atom. The fraction of sp³-hybridized carbons (Fsp3) is 0.500. The van der Waals surface area contributed by atoms with Crippen molar-refractivity contribution in [1.29, 1.82) is 0 Å². The summed E-state index contributed by atoms with van der Waals surface area (Å²) in [6.07, 6.45) is 2.88. The molecule has 92 valence electrons. The number of imidazole rings is 1. The van der Waals surface area contributed by atoms with E-state index in [2.05, 4.69) is 22.1 Å². The van der Waals surface area contributed by atoms with Gasteiger partial charge in [-0.05, 0) is 26.7 Å². The van der Waals surface area contributed by atoms with Crippen LogP contribution in [0.4, 0.5) is 4.79 Å². The molecule has 0 atom stereocenters. The minimum absolute atomic E-state index is 0.250. The van der Waals surface area contributed by atoms with Crippen LogP contribution in [-0.2, 0) is 11.8 Å². The van der Waals surface area contributed by atoms with Gasteiger partial charge in [-0.3, -0.25) is 0 Å². The van der Waals surface area contributed by atoms with Crippen molar-refractivity contribution < 1.29 is 9.53 Å². The number of aromatic nitrogens is 2. The SMILES string of the molecule is Cn1cncc1C#CCNC(=O)OC(C)(C)C. The largest absolute Gasteiger partial charge is 0.444 e. The van der Waals surface area contributed by atoms with Gasteiger partial charge < -0.3 is 14.6 Å². The van der Waals surface area contributed by atoms with Crippen molar-refractivity contribution in [1.82, 2.24) is 14.9 Å². The van der Waals surface area contributed by atoms with E-state index in [4.69, 9.17) is 4.74 Å². The summed E-state index contributed by atoms with van der Waals surface area (Å²) in [5, 5.41) is 2.56. The lowest BCUT2D eigenvalue weighted by Crippen LogP contribution is -2.32. The van der Waals surface area contributed by atoms with Gasteiger partial charge in [0.05, 0.1) is 19.1 Å². The molecule has 0 unspecified atom stereocenters. The van der Waals surface area contributed by atoms with E-state index in [1.807, 2.05) is 27.8 Å². The first-order valence-corrected chi connectivity index (χ1v) is 5.30. The summed E-state index contributed by atoms with van der Waals surface area (Å²) in [6.45, 7) is 5.69. The maximum atomic E-state index is 11.3. The number of carbonyl (C=O) groups excluding carboxylic acids is 1. The van der Waals surface area contributed by atoms with Gasteiger partial charge in [-0.2, -0.15) is 0 Å². The van der Waals surface area contributed by atoms with Gasteiger partial charge in [-0.1, -0.05) is 5.92 Å². The summed E-state index contributed by atoms with van der Waals surface area (Å²) in [5.74, 6) is 5.71.